The quantitative estimate of drug-likeness (QED) is 0.703. The van der Waals surface area contributed by atoms with Crippen LogP contribution in [0.2, 0.25) is 0 Å². The van der Waals surface area contributed by atoms with E-state index in [9.17, 15) is 4.79 Å². The van der Waals surface area contributed by atoms with Crippen LogP contribution < -0.4 is 4.90 Å². The van der Waals surface area contributed by atoms with Gasteiger partial charge in [-0.1, -0.05) is 0 Å². The fraction of sp³-hybridized carbons (Fsp3) is 0.474. The second kappa shape index (κ2) is 7.02. The Balaban J connectivity index is 1.38. The zero-order valence-electron chi connectivity index (χ0n) is 16.0. The number of carbonyl (C=O) groups excluding carboxylic acids is 1. The van der Waals surface area contributed by atoms with Gasteiger partial charge in [0.25, 0.3) is 5.91 Å². The molecule has 0 spiro atoms. The summed E-state index contributed by atoms with van der Waals surface area (Å²) in [4.78, 5) is 21.2. The number of hydrogen-bond donors (Lipinski definition) is 0. The maximum Gasteiger partial charge on any atom is 0.256 e. The van der Waals surface area contributed by atoms with Crippen molar-refractivity contribution in [1.29, 1.82) is 0 Å². The first-order valence-electron chi connectivity index (χ1n) is 9.31. The van der Waals surface area contributed by atoms with E-state index in [2.05, 4.69) is 26.1 Å². The second-order valence-electron chi connectivity index (χ2n) is 7.39. The van der Waals surface area contributed by atoms with E-state index in [1.165, 1.54) is 0 Å². The smallest absolute Gasteiger partial charge is 0.256 e. The molecule has 8 heteroatoms. The molecule has 0 radical (unpaired) electrons. The highest BCUT2D eigenvalue weighted by atomic mass is 16.2. The van der Waals surface area contributed by atoms with Crippen molar-refractivity contribution >= 4 is 17.2 Å². The molecule has 1 aliphatic heterocycles. The summed E-state index contributed by atoms with van der Waals surface area (Å²) in [6.07, 6.45) is 9.17. The van der Waals surface area contributed by atoms with Crippen LogP contribution in [-0.2, 0) is 7.05 Å². The van der Waals surface area contributed by atoms with Crippen molar-refractivity contribution in [2.24, 2.45) is 13.0 Å². The van der Waals surface area contributed by atoms with Crippen LogP contribution in [0, 0.1) is 12.8 Å². The van der Waals surface area contributed by atoms with E-state index in [0.29, 0.717) is 11.5 Å². The fourth-order valence-electron chi connectivity index (χ4n) is 3.82. The van der Waals surface area contributed by atoms with Crippen molar-refractivity contribution in [3.8, 4) is 0 Å². The largest absolute Gasteiger partial charge is 0.355 e. The normalized spacial score (nSPS) is 15.4. The Morgan fingerprint density at radius 1 is 1.33 bits per heavy atom. The van der Waals surface area contributed by atoms with Crippen molar-refractivity contribution in [2.45, 2.75) is 19.8 Å². The van der Waals surface area contributed by atoms with Crippen LogP contribution in [0.15, 0.2) is 30.9 Å². The van der Waals surface area contributed by atoms with Gasteiger partial charge in [0.15, 0.2) is 5.82 Å². The maximum absolute atomic E-state index is 12.5. The van der Waals surface area contributed by atoms with Crippen LogP contribution in [-0.4, -0.2) is 61.9 Å². The lowest BCUT2D eigenvalue weighted by Crippen LogP contribution is -2.39. The number of aryl methyl sites for hydroxylation is 2. The second-order valence-corrected chi connectivity index (χ2v) is 7.39. The van der Waals surface area contributed by atoms with E-state index in [1.54, 1.807) is 23.3 Å². The van der Waals surface area contributed by atoms with Gasteiger partial charge in [-0.25, -0.2) is 9.50 Å². The SMILES string of the molecule is Cc1cc2c(N3CCC(CN(C)C(=O)c4cnn(C)c4)CC3)nccn2n1. The van der Waals surface area contributed by atoms with E-state index in [1.807, 2.05) is 36.6 Å². The van der Waals surface area contributed by atoms with Crippen molar-refractivity contribution in [3.05, 3.63) is 42.1 Å². The van der Waals surface area contributed by atoms with Crippen LogP contribution in [0.3, 0.4) is 0 Å². The van der Waals surface area contributed by atoms with Gasteiger partial charge < -0.3 is 9.80 Å². The molecule has 1 aliphatic rings. The molecule has 0 aromatic carbocycles. The summed E-state index contributed by atoms with van der Waals surface area (Å²) in [5.74, 6) is 1.53. The minimum atomic E-state index is 0.0340. The Morgan fingerprint density at radius 3 is 2.81 bits per heavy atom. The Morgan fingerprint density at radius 2 is 2.11 bits per heavy atom. The first-order valence-corrected chi connectivity index (χ1v) is 9.31. The monoisotopic (exact) mass is 367 g/mol. The van der Waals surface area contributed by atoms with Gasteiger partial charge in [-0.05, 0) is 31.7 Å². The van der Waals surface area contributed by atoms with Crippen LogP contribution in [0.4, 0.5) is 5.82 Å². The molecule has 1 saturated heterocycles. The number of piperidine rings is 1. The number of hydrogen-bond acceptors (Lipinski definition) is 5. The van der Waals surface area contributed by atoms with Crippen LogP contribution >= 0.6 is 0 Å². The molecular formula is C19H25N7O. The van der Waals surface area contributed by atoms with E-state index >= 15 is 0 Å². The first-order chi connectivity index (χ1) is 13.0. The Labute approximate surface area is 158 Å². The molecule has 8 nitrogen and oxygen atoms in total. The van der Waals surface area contributed by atoms with E-state index in [0.717, 1.165) is 49.5 Å². The van der Waals surface area contributed by atoms with Gasteiger partial charge in [0.05, 0.1) is 17.5 Å². The highest BCUT2D eigenvalue weighted by Gasteiger charge is 2.24. The number of rotatable bonds is 4. The number of aromatic nitrogens is 5. The average molecular weight is 367 g/mol. The number of anilines is 1. The molecule has 0 unspecified atom stereocenters. The lowest BCUT2D eigenvalue weighted by Gasteiger charge is -2.34. The van der Waals surface area contributed by atoms with Gasteiger partial charge in [0.2, 0.25) is 0 Å². The number of fused-ring (bicyclic) bond motifs is 1. The highest BCUT2D eigenvalue weighted by Crippen LogP contribution is 2.26. The lowest BCUT2D eigenvalue weighted by atomic mass is 9.96. The van der Waals surface area contributed by atoms with Gasteiger partial charge in [0, 0.05) is 52.3 Å². The molecule has 1 amide bonds. The molecule has 142 valence electrons. The van der Waals surface area contributed by atoms with Gasteiger partial charge in [-0.3, -0.25) is 9.48 Å². The summed E-state index contributed by atoms with van der Waals surface area (Å²) >= 11 is 0. The summed E-state index contributed by atoms with van der Waals surface area (Å²) in [6.45, 7) is 4.65. The molecule has 4 rings (SSSR count). The van der Waals surface area contributed by atoms with Gasteiger partial charge in [-0.2, -0.15) is 10.2 Å². The summed E-state index contributed by atoms with van der Waals surface area (Å²) in [5, 5.41) is 8.56. The van der Waals surface area contributed by atoms with E-state index < -0.39 is 0 Å². The predicted octanol–water partition coefficient (Wildman–Crippen LogP) is 1.76. The van der Waals surface area contributed by atoms with Crippen LogP contribution in [0.25, 0.3) is 5.52 Å². The van der Waals surface area contributed by atoms with E-state index in [4.69, 9.17) is 0 Å². The van der Waals surface area contributed by atoms with Crippen molar-refractivity contribution in [3.63, 3.8) is 0 Å². The average Bonchev–Trinajstić information content (AvgIpc) is 3.26. The Kier molecular flexibility index (Phi) is 4.55. The molecule has 1 fully saturated rings. The molecule has 4 heterocycles. The molecule has 27 heavy (non-hydrogen) atoms. The predicted molar refractivity (Wildman–Crippen MR) is 103 cm³/mol. The third kappa shape index (κ3) is 3.51. The zero-order chi connectivity index (χ0) is 19.0. The third-order valence-electron chi connectivity index (χ3n) is 5.24. The zero-order valence-corrected chi connectivity index (χ0v) is 16.0. The molecule has 0 atom stereocenters. The highest BCUT2D eigenvalue weighted by molar-refractivity contribution is 5.93. The van der Waals surface area contributed by atoms with Crippen molar-refractivity contribution in [2.75, 3.05) is 31.6 Å². The summed E-state index contributed by atoms with van der Waals surface area (Å²) in [7, 11) is 3.70. The minimum Gasteiger partial charge on any atom is -0.355 e. The van der Waals surface area contributed by atoms with Crippen molar-refractivity contribution < 1.29 is 4.79 Å². The molecular weight excluding hydrogens is 342 g/mol. The number of carbonyl (C=O) groups is 1. The molecule has 0 aliphatic carbocycles. The first kappa shape index (κ1) is 17.5. The Bertz CT molecular complexity index is 952. The molecule has 0 saturated carbocycles. The molecule has 0 bridgehead atoms. The topological polar surface area (TPSA) is 71.6 Å². The minimum absolute atomic E-state index is 0.0340. The fourth-order valence-corrected chi connectivity index (χ4v) is 3.82. The molecule has 0 N–H and O–H groups in total. The van der Waals surface area contributed by atoms with Crippen molar-refractivity contribution in [1.82, 2.24) is 29.3 Å². The molecule has 3 aromatic rings. The Hall–Kier alpha value is -2.90. The number of amides is 1. The van der Waals surface area contributed by atoms with Crippen LogP contribution in [0.1, 0.15) is 28.9 Å². The number of nitrogens with zero attached hydrogens (tertiary/aromatic N) is 7. The van der Waals surface area contributed by atoms with Gasteiger partial charge in [0.1, 0.15) is 5.52 Å². The summed E-state index contributed by atoms with van der Waals surface area (Å²) in [5.41, 5.74) is 2.69. The standard InChI is InChI=1S/C19H25N7O/c1-14-10-17-18(20-6-9-26(17)22-14)25-7-4-15(5-8-25)12-23(2)19(27)16-11-21-24(3)13-16/h6,9-11,13,15H,4-5,7-8,12H2,1-3H3. The summed E-state index contributed by atoms with van der Waals surface area (Å²) in [6, 6.07) is 2.08. The van der Waals surface area contributed by atoms with Gasteiger partial charge >= 0.3 is 0 Å². The lowest BCUT2D eigenvalue weighted by molar-refractivity contribution is 0.0765. The van der Waals surface area contributed by atoms with E-state index in [-0.39, 0.29) is 5.91 Å². The molecule has 3 aromatic heterocycles. The van der Waals surface area contributed by atoms with Gasteiger partial charge in [-0.15, -0.1) is 0 Å². The maximum atomic E-state index is 12.5. The van der Waals surface area contributed by atoms with Crippen LogP contribution in [0.5, 0.6) is 0 Å². The summed E-state index contributed by atoms with van der Waals surface area (Å²) < 4.78 is 3.55. The third-order valence-corrected chi connectivity index (χ3v) is 5.24.